The highest BCUT2D eigenvalue weighted by molar-refractivity contribution is 7.91. The molecule has 1 saturated carbocycles. The van der Waals surface area contributed by atoms with Crippen LogP contribution in [-0.2, 0) is 9.84 Å². The highest BCUT2D eigenvalue weighted by Gasteiger charge is 2.25. The SMILES string of the molecule is Cl.N#Cc1ccnc(Nc2cc(C3CC3)cc(-c3cncc(N4CCS(=O)(=O)CC4)c3)n2)c1. The van der Waals surface area contributed by atoms with E-state index in [1.165, 1.54) is 5.56 Å². The molecule has 0 spiro atoms. The largest absolute Gasteiger partial charge is 0.368 e. The molecule has 3 aromatic heterocycles. The van der Waals surface area contributed by atoms with Crippen LogP contribution < -0.4 is 10.2 Å². The van der Waals surface area contributed by atoms with Crippen molar-refractivity contribution in [3.05, 3.63) is 60.0 Å². The number of anilines is 3. The van der Waals surface area contributed by atoms with Gasteiger partial charge in [0.25, 0.3) is 0 Å². The van der Waals surface area contributed by atoms with E-state index in [2.05, 4.69) is 32.3 Å². The third-order valence-corrected chi connectivity index (χ3v) is 7.38. The predicted molar refractivity (Wildman–Crippen MR) is 130 cm³/mol. The molecular weight excluding hydrogens is 460 g/mol. The van der Waals surface area contributed by atoms with E-state index in [9.17, 15) is 8.42 Å². The molecule has 33 heavy (non-hydrogen) atoms. The molecule has 1 N–H and O–H groups in total. The fraction of sp³-hybridized carbons (Fsp3) is 0.304. The standard InChI is InChI=1S/C23H22N6O2S.ClH/c24-13-16-3-4-26-22(9-16)28-23-12-18(17-1-2-17)11-21(27-23)19-10-20(15-25-14-19)29-5-7-32(30,31)8-6-29;/h3-4,9-12,14-15,17H,1-2,5-8H2,(H,26,27,28);1H. The summed E-state index contributed by atoms with van der Waals surface area (Å²) >= 11 is 0. The van der Waals surface area contributed by atoms with E-state index in [0.29, 0.717) is 36.2 Å². The fourth-order valence-corrected chi connectivity index (χ4v) is 5.03. The first-order valence-electron chi connectivity index (χ1n) is 10.5. The van der Waals surface area contributed by atoms with Gasteiger partial charge in [0.15, 0.2) is 9.84 Å². The van der Waals surface area contributed by atoms with E-state index in [-0.39, 0.29) is 23.9 Å². The molecule has 0 amide bonds. The lowest BCUT2D eigenvalue weighted by molar-refractivity contribution is 0.586. The Morgan fingerprint density at radius 3 is 2.58 bits per heavy atom. The van der Waals surface area contributed by atoms with Gasteiger partial charge in [0.05, 0.1) is 40.7 Å². The van der Waals surface area contributed by atoms with Crippen LogP contribution in [-0.4, -0.2) is 48.0 Å². The van der Waals surface area contributed by atoms with E-state index in [1.54, 1.807) is 30.7 Å². The molecule has 170 valence electrons. The number of sulfone groups is 1. The Hall–Kier alpha value is -3.22. The maximum absolute atomic E-state index is 11.8. The number of nitriles is 1. The lowest BCUT2D eigenvalue weighted by Crippen LogP contribution is -2.40. The van der Waals surface area contributed by atoms with E-state index in [1.807, 2.05) is 12.1 Å². The van der Waals surface area contributed by atoms with Crippen LogP contribution in [0.25, 0.3) is 11.3 Å². The molecule has 2 fully saturated rings. The quantitative estimate of drug-likeness (QED) is 0.586. The number of hydrogen-bond acceptors (Lipinski definition) is 8. The van der Waals surface area contributed by atoms with Crippen molar-refractivity contribution in [2.45, 2.75) is 18.8 Å². The second-order valence-corrected chi connectivity index (χ2v) is 10.5. The lowest BCUT2D eigenvalue weighted by Gasteiger charge is -2.28. The van der Waals surface area contributed by atoms with E-state index >= 15 is 0 Å². The lowest BCUT2D eigenvalue weighted by atomic mass is 10.1. The van der Waals surface area contributed by atoms with Crippen molar-refractivity contribution in [2.24, 2.45) is 0 Å². The maximum atomic E-state index is 11.8. The van der Waals surface area contributed by atoms with Gasteiger partial charge < -0.3 is 10.2 Å². The number of nitrogens with one attached hydrogen (secondary N) is 1. The summed E-state index contributed by atoms with van der Waals surface area (Å²) < 4.78 is 23.5. The second-order valence-electron chi connectivity index (χ2n) is 8.18. The Kier molecular flexibility index (Phi) is 6.49. The zero-order valence-corrected chi connectivity index (χ0v) is 19.4. The van der Waals surface area contributed by atoms with Crippen LogP contribution in [0.15, 0.2) is 48.9 Å². The van der Waals surface area contributed by atoms with Crippen molar-refractivity contribution in [1.29, 1.82) is 5.26 Å². The zero-order valence-electron chi connectivity index (χ0n) is 17.8. The monoisotopic (exact) mass is 482 g/mol. The molecule has 0 aromatic carbocycles. The Morgan fingerprint density at radius 1 is 1.06 bits per heavy atom. The number of rotatable bonds is 5. The number of pyridine rings is 3. The summed E-state index contributed by atoms with van der Waals surface area (Å²) in [7, 11) is -2.94. The number of hydrogen-bond donors (Lipinski definition) is 1. The molecule has 4 heterocycles. The van der Waals surface area contributed by atoms with E-state index in [0.717, 1.165) is 29.8 Å². The molecule has 2 aliphatic rings. The smallest absolute Gasteiger partial charge is 0.153 e. The summed E-state index contributed by atoms with van der Waals surface area (Å²) in [4.78, 5) is 15.5. The van der Waals surface area contributed by atoms with E-state index < -0.39 is 9.84 Å². The summed E-state index contributed by atoms with van der Waals surface area (Å²) in [6.45, 7) is 0.938. The van der Waals surface area contributed by atoms with Crippen molar-refractivity contribution < 1.29 is 8.42 Å². The Bertz CT molecular complexity index is 1310. The Labute approximate surface area is 199 Å². The van der Waals surface area contributed by atoms with Gasteiger partial charge in [-0.15, -0.1) is 12.4 Å². The Morgan fingerprint density at radius 2 is 1.85 bits per heavy atom. The van der Waals surface area contributed by atoms with Gasteiger partial charge in [0.1, 0.15) is 11.6 Å². The van der Waals surface area contributed by atoms with Crippen molar-refractivity contribution in [1.82, 2.24) is 15.0 Å². The highest BCUT2D eigenvalue weighted by atomic mass is 35.5. The van der Waals surface area contributed by atoms with Crippen LogP contribution in [0.1, 0.15) is 29.9 Å². The minimum atomic E-state index is -2.94. The van der Waals surface area contributed by atoms with Gasteiger partial charge in [-0.25, -0.2) is 18.4 Å². The molecule has 1 aliphatic heterocycles. The number of halogens is 1. The van der Waals surface area contributed by atoms with Gasteiger partial charge in [-0.2, -0.15) is 5.26 Å². The summed E-state index contributed by atoms with van der Waals surface area (Å²) in [6.07, 6.45) is 7.46. The van der Waals surface area contributed by atoms with Crippen LogP contribution in [0.4, 0.5) is 17.3 Å². The minimum Gasteiger partial charge on any atom is -0.368 e. The summed E-state index contributed by atoms with van der Waals surface area (Å²) in [5.41, 5.74) is 4.31. The van der Waals surface area contributed by atoms with Crippen LogP contribution in [0.5, 0.6) is 0 Å². The average molecular weight is 483 g/mol. The van der Waals surface area contributed by atoms with Crippen molar-refractivity contribution in [3.8, 4) is 17.3 Å². The summed E-state index contributed by atoms with van der Waals surface area (Å²) in [6, 6.07) is 11.6. The first-order chi connectivity index (χ1) is 15.5. The zero-order chi connectivity index (χ0) is 22.1. The summed E-state index contributed by atoms with van der Waals surface area (Å²) in [5.74, 6) is 2.09. The molecule has 0 atom stereocenters. The van der Waals surface area contributed by atoms with Crippen molar-refractivity contribution >= 4 is 39.6 Å². The molecule has 3 aromatic rings. The van der Waals surface area contributed by atoms with Gasteiger partial charge in [0.2, 0.25) is 0 Å². The first kappa shape index (κ1) is 23.0. The third kappa shape index (κ3) is 5.41. The average Bonchev–Trinajstić information content (AvgIpc) is 3.65. The van der Waals surface area contributed by atoms with Crippen LogP contribution >= 0.6 is 12.4 Å². The first-order valence-corrected chi connectivity index (χ1v) is 12.4. The van der Waals surface area contributed by atoms with Gasteiger partial charge in [-0.3, -0.25) is 4.98 Å². The van der Waals surface area contributed by atoms with Crippen LogP contribution in [0.3, 0.4) is 0 Å². The van der Waals surface area contributed by atoms with Crippen LogP contribution in [0, 0.1) is 11.3 Å². The Balaban J connectivity index is 0.00000259. The fourth-order valence-electron chi connectivity index (χ4n) is 3.83. The number of aromatic nitrogens is 3. The maximum Gasteiger partial charge on any atom is 0.153 e. The molecule has 1 saturated heterocycles. The number of nitrogens with zero attached hydrogens (tertiary/aromatic N) is 5. The third-order valence-electron chi connectivity index (χ3n) is 5.77. The van der Waals surface area contributed by atoms with Crippen molar-refractivity contribution in [3.63, 3.8) is 0 Å². The molecule has 5 rings (SSSR count). The second kappa shape index (κ2) is 9.33. The van der Waals surface area contributed by atoms with Gasteiger partial charge in [0, 0.05) is 31.0 Å². The summed E-state index contributed by atoms with van der Waals surface area (Å²) in [5, 5.41) is 12.4. The molecule has 1 aliphatic carbocycles. The van der Waals surface area contributed by atoms with Crippen LogP contribution in [0.2, 0.25) is 0 Å². The molecule has 0 radical (unpaired) electrons. The van der Waals surface area contributed by atoms with Gasteiger partial charge in [-0.1, -0.05) is 0 Å². The molecular formula is C23H23ClN6O2S. The normalized spacial score (nSPS) is 17.0. The van der Waals surface area contributed by atoms with Gasteiger partial charge >= 0.3 is 0 Å². The highest BCUT2D eigenvalue weighted by Crippen LogP contribution is 2.42. The van der Waals surface area contributed by atoms with Gasteiger partial charge in [-0.05, 0) is 54.7 Å². The molecule has 10 heteroatoms. The predicted octanol–water partition coefficient (Wildman–Crippen LogP) is 3.69. The topological polar surface area (TPSA) is 112 Å². The minimum absolute atomic E-state index is 0. The van der Waals surface area contributed by atoms with Crippen molar-refractivity contribution in [2.75, 3.05) is 34.8 Å². The molecule has 8 nitrogen and oxygen atoms in total. The molecule has 0 bridgehead atoms. The molecule has 0 unspecified atom stereocenters. The van der Waals surface area contributed by atoms with E-state index in [4.69, 9.17) is 10.2 Å².